The van der Waals surface area contributed by atoms with Gasteiger partial charge in [-0.15, -0.1) is 10.2 Å². The number of nitrogens with one attached hydrogen (secondary N) is 2. The smallest absolute Gasteiger partial charge is 0.262 e. The summed E-state index contributed by atoms with van der Waals surface area (Å²) in [6.07, 6.45) is 1.84. The van der Waals surface area contributed by atoms with Gasteiger partial charge in [-0.25, -0.2) is 8.78 Å². The third-order valence-corrected chi connectivity index (χ3v) is 4.27. The first-order valence-corrected chi connectivity index (χ1v) is 8.31. The number of halogens is 2. The summed E-state index contributed by atoms with van der Waals surface area (Å²) in [6.45, 7) is 4.07. The number of hydrogen-bond donors (Lipinski definition) is 2. The van der Waals surface area contributed by atoms with E-state index in [0.717, 1.165) is 23.7 Å². The van der Waals surface area contributed by atoms with Gasteiger partial charge in [-0.3, -0.25) is 14.9 Å². The summed E-state index contributed by atoms with van der Waals surface area (Å²) in [6, 6.07) is 1.59. The number of aromatic nitrogens is 3. The predicted octanol–water partition coefficient (Wildman–Crippen LogP) is 3.11. The van der Waals surface area contributed by atoms with Gasteiger partial charge >= 0.3 is 0 Å². The Morgan fingerprint density at radius 1 is 1.32 bits per heavy atom. The molecule has 2 aromatic heterocycles. The highest BCUT2D eigenvalue weighted by atomic mass is 32.1. The van der Waals surface area contributed by atoms with E-state index in [0.29, 0.717) is 12.0 Å². The minimum Gasteiger partial charge on any atom is -0.360 e. The van der Waals surface area contributed by atoms with E-state index in [4.69, 9.17) is 0 Å². The van der Waals surface area contributed by atoms with Crippen molar-refractivity contribution in [2.45, 2.75) is 20.3 Å². The number of nitrogens with zero attached hydrogens (tertiary/aromatic N) is 2. The highest BCUT2D eigenvalue weighted by Crippen LogP contribution is 2.19. The Hall–Kier alpha value is -2.68. The summed E-state index contributed by atoms with van der Waals surface area (Å²) in [4.78, 5) is 27.2. The Morgan fingerprint density at radius 2 is 2.08 bits per heavy atom. The lowest BCUT2D eigenvalue weighted by Gasteiger charge is -2.04. The van der Waals surface area contributed by atoms with Crippen LogP contribution in [0.25, 0.3) is 10.9 Å². The number of anilines is 1. The minimum atomic E-state index is -1.03. The summed E-state index contributed by atoms with van der Waals surface area (Å²) in [5.74, 6) is -2.19. The van der Waals surface area contributed by atoms with Crippen LogP contribution >= 0.6 is 11.3 Å². The van der Waals surface area contributed by atoms with Crippen molar-refractivity contribution in [3.05, 3.63) is 50.8 Å². The molecule has 0 unspecified atom stereocenters. The van der Waals surface area contributed by atoms with Crippen LogP contribution < -0.4 is 10.7 Å². The number of carbonyl (C=O) groups is 1. The van der Waals surface area contributed by atoms with Gasteiger partial charge in [-0.05, 0) is 12.0 Å². The number of rotatable bonds is 4. The van der Waals surface area contributed by atoms with E-state index >= 15 is 0 Å². The second-order valence-electron chi connectivity index (χ2n) is 5.89. The number of H-pyrrole nitrogens is 1. The van der Waals surface area contributed by atoms with Gasteiger partial charge in [-0.2, -0.15) is 0 Å². The molecule has 3 rings (SSSR count). The molecule has 0 fully saturated rings. The molecule has 2 heterocycles. The van der Waals surface area contributed by atoms with Crippen molar-refractivity contribution in [2.24, 2.45) is 5.92 Å². The zero-order valence-electron chi connectivity index (χ0n) is 13.4. The fourth-order valence-electron chi connectivity index (χ4n) is 2.34. The fraction of sp³-hybridized carbons (Fsp3) is 0.250. The molecule has 0 saturated carbocycles. The first-order valence-electron chi connectivity index (χ1n) is 7.49. The van der Waals surface area contributed by atoms with Gasteiger partial charge in [0, 0.05) is 18.7 Å². The Balaban J connectivity index is 1.91. The van der Waals surface area contributed by atoms with Gasteiger partial charge in [0.05, 0.1) is 10.9 Å². The molecule has 0 aliphatic carbocycles. The van der Waals surface area contributed by atoms with Crippen molar-refractivity contribution in [2.75, 3.05) is 5.32 Å². The monoisotopic (exact) mass is 364 g/mol. The van der Waals surface area contributed by atoms with E-state index in [1.807, 2.05) is 13.8 Å². The summed E-state index contributed by atoms with van der Waals surface area (Å²) in [5, 5.41) is 10.9. The van der Waals surface area contributed by atoms with Gasteiger partial charge in [0.2, 0.25) is 10.6 Å². The molecule has 6 nitrogen and oxygen atoms in total. The van der Waals surface area contributed by atoms with Gasteiger partial charge in [0.1, 0.15) is 22.2 Å². The van der Waals surface area contributed by atoms with Crippen molar-refractivity contribution in [3.8, 4) is 0 Å². The molecule has 2 N–H and O–H groups in total. The molecule has 0 spiro atoms. The molecule has 3 aromatic rings. The zero-order chi connectivity index (χ0) is 18.1. The van der Waals surface area contributed by atoms with Crippen molar-refractivity contribution < 1.29 is 13.6 Å². The lowest BCUT2D eigenvalue weighted by Crippen LogP contribution is -2.22. The summed E-state index contributed by atoms with van der Waals surface area (Å²) in [7, 11) is 0. The lowest BCUT2D eigenvalue weighted by atomic mass is 10.1. The maximum atomic E-state index is 13.9. The third-order valence-electron chi connectivity index (χ3n) is 3.41. The maximum Gasteiger partial charge on any atom is 0.262 e. The molecule has 130 valence electrons. The van der Waals surface area contributed by atoms with Crippen molar-refractivity contribution in [3.63, 3.8) is 0 Å². The molecular formula is C16H14F2N4O2S. The van der Waals surface area contributed by atoms with E-state index in [-0.39, 0.29) is 21.6 Å². The summed E-state index contributed by atoms with van der Waals surface area (Å²) < 4.78 is 27.1. The minimum absolute atomic E-state index is 0.0193. The fourth-order valence-corrected chi connectivity index (χ4v) is 3.28. The average molecular weight is 364 g/mol. The van der Waals surface area contributed by atoms with Crippen LogP contribution in [0.15, 0.2) is 23.1 Å². The van der Waals surface area contributed by atoms with Gasteiger partial charge in [-0.1, -0.05) is 25.2 Å². The predicted molar refractivity (Wildman–Crippen MR) is 90.9 cm³/mol. The van der Waals surface area contributed by atoms with Gasteiger partial charge in [0.25, 0.3) is 5.91 Å². The topological polar surface area (TPSA) is 87.7 Å². The molecule has 25 heavy (non-hydrogen) atoms. The lowest BCUT2D eigenvalue weighted by molar-refractivity contribution is 0.102. The number of pyridine rings is 1. The van der Waals surface area contributed by atoms with Crippen LogP contribution in [0.1, 0.15) is 29.2 Å². The van der Waals surface area contributed by atoms with Crippen LogP contribution in [0.4, 0.5) is 13.9 Å². The largest absolute Gasteiger partial charge is 0.360 e. The number of fused-ring (bicyclic) bond motifs is 1. The average Bonchev–Trinajstić information content (AvgIpc) is 2.92. The Morgan fingerprint density at radius 3 is 2.80 bits per heavy atom. The number of benzene rings is 1. The number of aromatic amines is 1. The van der Waals surface area contributed by atoms with Crippen LogP contribution in [0.3, 0.4) is 0 Å². The molecule has 0 bridgehead atoms. The van der Waals surface area contributed by atoms with Crippen molar-refractivity contribution >= 4 is 33.3 Å². The normalized spacial score (nSPS) is 11.2. The zero-order valence-corrected chi connectivity index (χ0v) is 14.2. The second kappa shape index (κ2) is 6.67. The van der Waals surface area contributed by atoms with Crippen LogP contribution in [0.2, 0.25) is 0 Å². The van der Waals surface area contributed by atoms with Crippen molar-refractivity contribution in [1.82, 2.24) is 15.2 Å². The van der Waals surface area contributed by atoms with Crippen LogP contribution in [-0.2, 0) is 6.42 Å². The molecule has 9 heteroatoms. The standard InChI is InChI=1S/C16H14F2N4O2S/c1-7(2)3-12-21-22-16(25-12)20-15(24)9-6-19-11-5-8(17)4-10(18)13(11)14(9)23/h4-7H,3H2,1-2H3,(H,19,23)(H,20,22,24). The van der Waals surface area contributed by atoms with Gasteiger partial charge < -0.3 is 4.98 Å². The third kappa shape index (κ3) is 3.55. The first-order chi connectivity index (χ1) is 11.8. The molecular weight excluding hydrogens is 350 g/mol. The molecule has 0 saturated heterocycles. The quantitative estimate of drug-likeness (QED) is 0.745. The molecule has 0 aliphatic heterocycles. The number of carbonyl (C=O) groups excluding carboxylic acids is 1. The Bertz CT molecular complexity index is 1010. The van der Waals surface area contributed by atoms with E-state index in [9.17, 15) is 18.4 Å². The SMILES string of the molecule is CC(C)Cc1nnc(NC(=O)c2c[nH]c3cc(F)cc(F)c3c2=O)s1. The van der Waals surface area contributed by atoms with E-state index < -0.39 is 23.0 Å². The molecule has 0 atom stereocenters. The molecule has 1 aromatic carbocycles. The van der Waals surface area contributed by atoms with E-state index in [1.54, 1.807) is 0 Å². The van der Waals surface area contributed by atoms with Crippen LogP contribution in [-0.4, -0.2) is 21.1 Å². The van der Waals surface area contributed by atoms with Crippen LogP contribution in [0, 0.1) is 17.6 Å². The maximum absolute atomic E-state index is 13.9. The first kappa shape index (κ1) is 17.2. The van der Waals surface area contributed by atoms with Crippen LogP contribution in [0.5, 0.6) is 0 Å². The Kier molecular flexibility index (Phi) is 4.58. The second-order valence-corrected chi connectivity index (χ2v) is 6.96. The van der Waals surface area contributed by atoms with E-state index in [2.05, 4.69) is 20.5 Å². The summed E-state index contributed by atoms with van der Waals surface area (Å²) >= 11 is 1.21. The highest BCUT2D eigenvalue weighted by Gasteiger charge is 2.18. The molecule has 1 amide bonds. The van der Waals surface area contributed by atoms with Crippen molar-refractivity contribution in [1.29, 1.82) is 0 Å². The van der Waals surface area contributed by atoms with Gasteiger partial charge in [0.15, 0.2) is 0 Å². The summed E-state index contributed by atoms with van der Waals surface area (Å²) in [5.41, 5.74) is -1.14. The van der Waals surface area contributed by atoms with E-state index in [1.165, 1.54) is 11.3 Å². The number of hydrogen-bond acceptors (Lipinski definition) is 5. The molecule has 0 aliphatic rings. The molecule has 0 radical (unpaired) electrons. The highest BCUT2D eigenvalue weighted by molar-refractivity contribution is 7.15. The Labute approximate surface area is 144 Å². The number of amides is 1.